The minimum absolute atomic E-state index is 0.0766. The molecule has 182 valence electrons. The summed E-state index contributed by atoms with van der Waals surface area (Å²) in [5, 5.41) is 13.2. The van der Waals surface area contributed by atoms with E-state index in [2.05, 4.69) is 16.4 Å². The number of amides is 1. The zero-order chi connectivity index (χ0) is 25.2. The molecule has 0 unspecified atom stereocenters. The van der Waals surface area contributed by atoms with Gasteiger partial charge in [-0.05, 0) is 68.9 Å². The molecule has 36 heavy (non-hydrogen) atoms. The first-order chi connectivity index (χ1) is 17.5. The van der Waals surface area contributed by atoms with Crippen LogP contribution in [0.15, 0.2) is 65.6 Å². The van der Waals surface area contributed by atoms with Crippen molar-refractivity contribution in [1.29, 1.82) is 5.26 Å². The largest absolute Gasteiger partial charge is 0.349 e. The number of halogens is 1. The standard InChI is InChI=1S/C28H26ClN5O2/c1-18-23(14-21(29)16-31-18)27(35)32-22-12-10-19(11-13-22)17-33-25-8-4-5-9-26(25)34(28(33)36)24-7-3-2-6-20(24)15-30/h2-9,14,16,19,22H,10-13,17H2,1H3,(H,32,35)/t19-,22-. The lowest BCUT2D eigenvalue weighted by molar-refractivity contribution is 0.0919. The molecule has 4 aromatic rings. The number of rotatable bonds is 5. The molecule has 0 spiro atoms. The van der Waals surface area contributed by atoms with Crippen molar-refractivity contribution in [1.82, 2.24) is 19.4 Å². The summed E-state index contributed by atoms with van der Waals surface area (Å²) >= 11 is 6.02. The maximum atomic E-state index is 13.6. The molecule has 1 amide bonds. The molecular formula is C28H26ClN5O2. The number of nitrogens with zero attached hydrogens (tertiary/aromatic N) is 4. The normalized spacial score (nSPS) is 17.6. The van der Waals surface area contributed by atoms with Gasteiger partial charge in [-0.25, -0.2) is 4.79 Å². The molecule has 0 bridgehead atoms. The molecule has 1 saturated carbocycles. The van der Waals surface area contributed by atoms with Crippen LogP contribution in [0.1, 0.15) is 47.3 Å². The van der Waals surface area contributed by atoms with Crippen molar-refractivity contribution >= 4 is 28.5 Å². The van der Waals surface area contributed by atoms with Gasteiger partial charge in [0.15, 0.2) is 0 Å². The Morgan fingerprint density at radius 1 is 1.11 bits per heavy atom. The first kappa shape index (κ1) is 23.8. The van der Waals surface area contributed by atoms with Gasteiger partial charge in [0.05, 0.1) is 38.6 Å². The first-order valence-electron chi connectivity index (χ1n) is 12.1. The third kappa shape index (κ3) is 4.52. The number of hydrogen-bond donors (Lipinski definition) is 1. The molecule has 8 heteroatoms. The van der Waals surface area contributed by atoms with E-state index in [4.69, 9.17) is 11.6 Å². The number of fused-ring (bicyclic) bond motifs is 1. The highest BCUT2D eigenvalue weighted by Gasteiger charge is 2.26. The van der Waals surface area contributed by atoms with Crippen molar-refractivity contribution in [3.8, 4) is 11.8 Å². The summed E-state index contributed by atoms with van der Waals surface area (Å²) in [5.74, 6) is 0.164. The molecule has 0 saturated heterocycles. The summed E-state index contributed by atoms with van der Waals surface area (Å²) in [6.07, 6.45) is 5.02. The molecule has 1 N–H and O–H groups in total. The van der Waals surface area contributed by atoms with Gasteiger partial charge in [0, 0.05) is 18.8 Å². The highest BCUT2D eigenvalue weighted by atomic mass is 35.5. The van der Waals surface area contributed by atoms with Gasteiger partial charge in [0.1, 0.15) is 6.07 Å². The van der Waals surface area contributed by atoms with E-state index in [-0.39, 0.29) is 17.6 Å². The van der Waals surface area contributed by atoms with Gasteiger partial charge in [-0.2, -0.15) is 5.26 Å². The van der Waals surface area contributed by atoms with Gasteiger partial charge in [-0.1, -0.05) is 35.9 Å². The van der Waals surface area contributed by atoms with Gasteiger partial charge in [0.2, 0.25) is 0 Å². The smallest absolute Gasteiger partial charge is 0.333 e. The highest BCUT2D eigenvalue weighted by molar-refractivity contribution is 6.30. The van der Waals surface area contributed by atoms with Crippen LogP contribution in [0.25, 0.3) is 16.7 Å². The number of benzene rings is 2. The predicted molar refractivity (Wildman–Crippen MR) is 139 cm³/mol. The number of nitriles is 1. The Balaban J connectivity index is 1.33. The van der Waals surface area contributed by atoms with E-state index in [1.165, 1.54) is 6.20 Å². The molecule has 5 rings (SSSR count). The average Bonchev–Trinajstić information content (AvgIpc) is 3.17. The summed E-state index contributed by atoms with van der Waals surface area (Å²) in [6.45, 7) is 2.39. The number of carbonyl (C=O) groups is 1. The number of para-hydroxylation sites is 3. The minimum Gasteiger partial charge on any atom is -0.349 e. The fourth-order valence-corrected chi connectivity index (χ4v) is 5.29. The van der Waals surface area contributed by atoms with Crippen LogP contribution in [0, 0.1) is 24.2 Å². The number of pyridine rings is 1. The Morgan fingerprint density at radius 2 is 1.81 bits per heavy atom. The number of hydrogen-bond acceptors (Lipinski definition) is 4. The van der Waals surface area contributed by atoms with Crippen LogP contribution in [0.5, 0.6) is 0 Å². The average molecular weight is 500 g/mol. The van der Waals surface area contributed by atoms with Crippen LogP contribution < -0.4 is 11.0 Å². The second-order valence-electron chi connectivity index (χ2n) is 9.32. The Kier molecular flexibility index (Phi) is 6.62. The molecule has 7 nitrogen and oxygen atoms in total. The lowest BCUT2D eigenvalue weighted by atomic mass is 9.85. The van der Waals surface area contributed by atoms with Gasteiger partial charge in [-0.15, -0.1) is 0 Å². The molecule has 0 aliphatic heterocycles. The Morgan fingerprint density at radius 3 is 2.56 bits per heavy atom. The molecule has 2 heterocycles. The van der Waals surface area contributed by atoms with Crippen molar-refractivity contribution in [3.05, 3.63) is 93.1 Å². The predicted octanol–water partition coefficient (Wildman–Crippen LogP) is 5.01. The van der Waals surface area contributed by atoms with Crippen LogP contribution in [0.2, 0.25) is 5.02 Å². The van der Waals surface area contributed by atoms with Gasteiger partial charge >= 0.3 is 5.69 Å². The molecule has 0 radical (unpaired) electrons. The van der Waals surface area contributed by atoms with E-state index in [0.29, 0.717) is 40.0 Å². The van der Waals surface area contributed by atoms with Gasteiger partial charge < -0.3 is 5.32 Å². The van der Waals surface area contributed by atoms with E-state index in [9.17, 15) is 14.9 Å². The summed E-state index contributed by atoms with van der Waals surface area (Å²) < 4.78 is 3.47. The highest BCUT2D eigenvalue weighted by Crippen LogP contribution is 2.28. The number of aryl methyl sites for hydroxylation is 1. The molecule has 1 fully saturated rings. The Hall–Kier alpha value is -3.89. The molecular weight excluding hydrogens is 474 g/mol. The molecule has 2 aromatic carbocycles. The van der Waals surface area contributed by atoms with Gasteiger partial charge in [0.25, 0.3) is 5.91 Å². The summed E-state index contributed by atoms with van der Waals surface area (Å²) in [7, 11) is 0. The number of nitrogens with one attached hydrogen (secondary N) is 1. The number of imidazole rings is 1. The van der Waals surface area contributed by atoms with Crippen LogP contribution in [-0.4, -0.2) is 26.1 Å². The van der Waals surface area contributed by atoms with Crippen LogP contribution in [-0.2, 0) is 6.54 Å². The van der Waals surface area contributed by atoms with Crippen molar-refractivity contribution in [2.75, 3.05) is 0 Å². The molecule has 1 aliphatic rings. The molecule has 1 aliphatic carbocycles. The summed E-state index contributed by atoms with van der Waals surface area (Å²) in [5.41, 5.74) is 3.71. The zero-order valence-electron chi connectivity index (χ0n) is 19.9. The minimum atomic E-state index is -0.151. The quantitative estimate of drug-likeness (QED) is 0.417. The molecule has 2 aromatic heterocycles. The summed E-state index contributed by atoms with van der Waals surface area (Å²) in [4.78, 5) is 30.5. The number of aromatic nitrogens is 3. The lowest BCUT2D eigenvalue weighted by Gasteiger charge is -2.29. The van der Waals surface area contributed by atoms with Crippen molar-refractivity contribution in [2.45, 2.75) is 45.2 Å². The zero-order valence-corrected chi connectivity index (χ0v) is 20.7. The second kappa shape index (κ2) is 10.00. The molecule has 0 atom stereocenters. The third-order valence-corrected chi connectivity index (χ3v) is 7.23. The van der Waals surface area contributed by atoms with E-state index >= 15 is 0 Å². The Labute approximate surface area is 214 Å². The van der Waals surface area contributed by atoms with E-state index in [0.717, 1.165) is 36.7 Å². The monoisotopic (exact) mass is 499 g/mol. The van der Waals surface area contributed by atoms with E-state index in [1.807, 2.05) is 41.0 Å². The fourth-order valence-electron chi connectivity index (χ4n) is 5.13. The number of carbonyl (C=O) groups excluding carboxylic acids is 1. The second-order valence-corrected chi connectivity index (χ2v) is 9.76. The van der Waals surface area contributed by atoms with Crippen molar-refractivity contribution in [3.63, 3.8) is 0 Å². The van der Waals surface area contributed by atoms with Crippen molar-refractivity contribution < 1.29 is 4.79 Å². The Bertz CT molecular complexity index is 1540. The maximum Gasteiger partial charge on any atom is 0.333 e. The van der Waals surface area contributed by atoms with E-state index in [1.54, 1.807) is 29.7 Å². The lowest BCUT2D eigenvalue weighted by Crippen LogP contribution is -2.39. The maximum absolute atomic E-state index is 13.6. The van der Waals surface area contributed by atoms with Crippen LogP contribution >= 0.6 is 11.6 Å². The fraction of sp³-hybridized carbons (Fsp3) is 0.286. The van der Waals surface area contributed by atoms with Gasteiger partial charge in [-0.3, -0.25) is 18.9 Å². The van der Waals surface area contributed by atoms with Crippen LogP contribution in [0.3, 0.4) is 0 Å². The SMILES string of the molecule is Cc1ncc(Cl)cc1C(=O)N[C@H]1CC[C@H](Cn2c(=O)n(-c3ccccc3C#N)c3ccccc32)CC1. The van der Waals surface area contributed by atoms with Crippen LogP contribution in [0.4, 0.5) is 0 Å². The third-order valence-electron chi connectivity index (χ3n) is 7.02. The van der Waals surface area contributed by atoms with E-state index < -0.39 is 0 Å². The first-order valence-corrected chi connectivity index (χ1v) is 12.5. The summed E-state index contributed by atoms with van der Waals surface area (Å²) in [6, 6.07) is 18.8. The topological polar surface area (TPSA) is 92.7 Å². The van der Waals surface area contributed by atoms with Crippen molar-refractivity contribution in [2.24, 2.45) is 5.92 Å².